The monoisotopic (exact) mass is 182 g/mol. The molecule has 1 N–H and O–H groups in total. The van der Waals surface area contributed by atoms with Crippen LogP contribution in [0.25, 0.3) is 0 Å². The summed E-state index contributed by atoms with van der Waals surface area (Å²) >= 11 is 0. The predicted molar refractivity (Wildman–Crippen MR) is 52.2 cm³/mol. The zero-order valence-corrected chi connectivity index (χ0v) is 8.25. The number of rotatable bonds is 3. The van der Waals surface area contributed by atoms with Crippen LogP contribution >= 0.6 is 0 Å². The number of aliphatic hydroxyl groups excluding tert-OH is 1. The van der Waals surface area contributed by atoms with Gasteiger partial charge in [-0.2, -0.15) is 0 Å². The second kappa shape index (κ2) is 6.01. The van der Waals surface area contributed by atoms with Crippen molar-refractivity contribution in [1.29, 1.82) is 0 Å². The van der Waals surface area contributed by atoms with Gasteiger partial charge in [-0.15, -0.1) is 11.8 Å². The molecule has 1 fully saturated rings. The van der Waals surface area contributed by atoms with Crippen molar-refractivity contribution in [2.45, 2.75) is 38.7 Å². The molecule has 1 heterocycles. The zero-order chi connectivity index (χ0) is 9.52. The highest BCUT2D eigenvalue weighted by Crippen LogP contribution is 2.21. The molecule has 74 valence electrons. The standard InChI is InChI=1S/C11H18O2/c1-2-3-4-5-11(12)10-6-8-13-9-7-10/h10-12H,4-9H2,1H3. The lowest BCUT2D eigenvalue weighted by molar-refractivity contribution is 0.00560. The molecule has 0 spiro atoms. The van der Waals surface area contributed by atoms with Gasteiger partial charge in [0, 0.05) is 19.6 Å². The highest BCUT2D eigenvalue weighted by molar-refractivity contribution is 4.95. The van der Waals surface area contributed by atoms with Gasteiger partial charge in [-0.25, -0.2) is 0 Å². The Labute approximate surface area is 80.3 Å². The molecule has 1 aliphatic rings. The molecule has 0 aromatic rings. The minimum Gasteiger partial charge on any atom is -0.393 e. The van der Waals surface area contributed by atoms with Crippen molar-refractivity contribution in [3.05, 3.63) is 0 Å². The average Bonchev–Trinajstić information content (AvgIpc) is 2.19. The van der Waals surface area contributed by atoms with E-state index in [9.17, 15) is 5.11 Å². The Morgan fingerprint density at radius 3 is 2.77 bits per heavy atom. The van der Waals surface area contributed by atoms with Crippen molar-refractivity contribution in [2.75, 3.05) is 13.2 Å². The summed E-state index contributed by atoms with van der Waals surface area (Å²) in [5.41, 5.74) is 0. The van der Waals surface area contributed by atoms with Gasteiger partial charge in [0.1, 0.15) is 0 Å². The summed E-state index contributed by atoms with van der Waals surface area (Å²) in [5, 5.41) is 9.78. The van der Waals surface area contributed by atoms with E-state index in [1.165, 1.54) is 0 Å². The third kappa shape index (κ3) is 3.80. The van der Waals surface area contributed by atoms with E-state index in [0.717, 1.165) is 38.9 Å². The van der Waals surface area contributed by atoms with Crippen LogP contribution in [0.2, 0.25) is 0 Å². The zero-order valence-electron chi connectivity index (χ0n) is 8.25. The number of aliphatic hydroxyl groups is 1. The molecule has 1 saturated heterocycles. The molecule has 0 aliphatic carbocycles. The molecule has 0 aromatic carbocycles. The summed E-state index contributed by atoms with van der Waals surface area (Å²) in [6.07, 6.45) is 3.45. The molecular formula is C11H18O2. The molecule has 1 unspecified atom stereocenters. The van der Waals surface area contributed by atoms with Crippen LogP contribution in [0.5, 0.6) is 0 Å². The van der Waals surface area contributed by atoms with Gasteiger partial charge in [-0.05, 0) is 32.1 Å². The molecule has 2 nitrogen and oxygen atoms in total. The molecular weight excluding hydrogens is 164 g/mol. The van der Waals surface area contributed by atoms with Crippen molar-refractivity contribution >= 4 is 0 Å². The first-order valence-corrected chi connectivity index (χ1v) is 5.00. The van der Waals surface area contributed by atoms with Crippen LogP contribution in [0.3, 0.4) is 0 Å². The van der Waals surface area contributed by atoms with E-state index in [1.807, 2.05) is 6.92 Å². The summed E-state index contributed by atoms with van der Waals surface area (Å²) in [4.78, 5) is 0. The van der Waals surface area contributed by atoms with Gasteiger partial charge in [0.15, 0.2) is 0 Å². The maximum atomic E-state index is 9.78. The fourth-order valence-corrected chi connectivity index (χ4v) is 1.68. The van der Waals surface area contributed by atoms with Gasteiger partial charge < -0.3 is 9.84 Å². The quantitative estimate of drug-likeness (QED) is 0.671. The molecule has 1 rings (SSSR count). The van der Waals surface area contributed by atoms with Crippen LogP contribution < -0.4 is 0 Å². The molecule has 13 heavy (non-hydrogen) atoms. The van der Waals surface area contributed by atoms with Crippen molar-refractivity contribution < 1.29 is 9.84 Å². The van der Waals surface area contributed by atoms with E-state index in [1.54, 1.807) is 0 Å². The average molecular weight is 182 g/mol. The summed E-state index contributed by atoms with van der Waals surface area (Å²) in [6, 6.07) is 0. The molecule has 0 amide bonds. The fourth-order valence-electron chi connectivity index (χ4n) is 1.68. The molecule has 1 atom stereocenters. The van der Waals surface area contributed by atoms with Gasteiger partial charge in [0.2, 0.25) is 0 Å². The van der Waals surface area contributed by atoms with Gasteiger partial charge in [0.05, 0.1) is 6.10 Å². The lowest BCUT2D eigenvalue weighted by Gasteiger charge is -2.26. The summed E-state index contributed by atoms with van der Waals surface area (Å²) < 4.78 is 5.24. The highest BCUT2D eigenvalue weighted by Gasteiger charge is 2.21. The van der Waals surface area contributed by atoms with Crippen LogP contribution in [0.4, 0.5) is 0 Å². The fraction of sp³-hybridized carbons (Fsp3) is 0.818. The molecule has 0 saturated carbocycles. The minimum atomic E-state index is -0.176. The lowest BCUT2D eigenvalue weighted by Crippen LogP contribution is -2.27. The number of hydrogen-bond acceptors (Lipinski definition) is 2. The van der Waals surface area contributed by atoms with Crippen LogP contribution in [0, 0.1) is 17.8 Å². The van der Waals surface area contributed by atoms with Crippen molar-refractivity contribution in [3.63, 3.8) is 0 Å². The molecule has 2 heteroatoms. The number of ether oxygens (including phenoxy) is 1. The Kier molecular flexibility index (Phi) is 4.88. The largest absolute Gasteiger partial charge is 0.393 e. The second-order valence-electron chi connectivity index (χ2n) is 3.48. The van der Waals surface area contributed by atoms with E-state index in [2.05, 4.69) is 11.8 Å². The SMILES string of the molecule is CC#CCCC(O)C1CCOCC1. The Balaban J connectivity index is 2.19. The maximum Gasteiger partial charge on any atom is 0.0579 e. The van der Waals surface area contributed by atoms with Crippen LogP contribution in [-0.2, 0) is 4.74 Å². The molecule has 1 aliphatic heterocycles. The third-order valence-electron chi connectivity index (χ3n) is 2.55. The van der Waals surface area contributed by atoms with E-state index < -0.39 is 0 Å². The molecule has 0 bridgehead atoms. The van der Waals surface area contributed by atoms with Crippen molar-refractivity contribution in [1.82, 2.24) is 0 Å². The van der Waals surface area contributed by atoms with Gasteiger partial charge in [-0.3, -0.25) is 0 Å². The van der Waals surface area contributed by atoms with Crippen LogP contribution in [0.15, 0.2) is 0 Å². The first-order valence-electron chi connectivity index (χ1n) is 5.00. The topological polar surface area (TPSA) is 29.5 Å². The molecule has 0 radical (unpaired) electrons. The van der Waals surface area contributed by atoms with E-state index >= 15 is 0 Å². The van der Waals surface area contributed by atoms with Gasteiger partial charge in [0.25, 0.3) is 0 Å². The third-order valence-corrected chi connectivity index (χ3v) is 2.55. The Morgan fingerprint density at radius 2 is 2.15 bits per heavy atom. The number of hydrogen-bond donors (Lipinski definition) is 1. The van der Waals surface area contributed by atoms with Gasteiger partial charge in [-0.1, -0.05) is 0 Å². The Bertz CT molecular complexity index is 184. The summed E-state index contributed by atoms with van der Waals surface area (Å²) in [6.45, 7) is 3.45. The van der Waals surface area contributed by atoms with E-state index in [4.69, 9.17) is 4.74 Å². The lowest BCUT2D eigenvalue weighted by atomic mass is 9.91. The molecule has 0 aromatic heterocycles. The second-order valence-corrected chi connectivity index (χ2v) is 3.48. The maximum absolute atomic E-state index is 9.78. The van der Waals surface area contributed by atoms with Crippen molar-refractivity contribution in [3.8, 4) is 11.8 Å². The normalized spacial score (nSPS) is 20.5. The first-order chi connectivity index (χ1) is 6.34. The minimum absolute atomic E-state index is 0.176. The van der Waals surface area contributed by atoms with E-state index in [-0.39, 0.29) is 6.10 Å². The van der Waals surface area contributed by atoms with Crippen molar-refractivity contribution in [2.24, 2.45) is 5.92 Å². The van der Waals surface area contributed by atoms with Crippen LogP contribution in [0.1, 0.15) is 32.6 Å². The smallest absolute Gasteiger partial charge is 0.0579 e. The predicted octanol–water partition coefficient (Wildman–Crippen LogP) is 1.58. The summed E-state index contributed by atoms with van der Waals surface area (Å²) in [5.74, 6) is 6.25. The Hall–Kier alpha value is -0.520. The van der Waals surface area contributed by atoms with Crippen LogP contribution in [-0.4, -0.2) is 24.4 Å². The Morgan fingerprint density at radius 1 is 1.46 bits per heavy atom. The van der Waals surface area contributed by atoms with E-state index in [0.29, 0.717) is 5.92 Å². The highest BCUT2D eigenvalue weighted by atomic mass is 16.5. The summed E-state index contributed by atoms with van der Waals surface area (Å²) in [7, 11) is 0. The first kappa shape index (κ1) is 10.6. The van der Waals surface area contributed by atoms with Gasteiger partial charge >= 0.3 is 0 Å².